The third kappa shape index (κ3) is 4.22. The maximum atomic E-state index is 13.1. The van der Waals surface area contributed by atoms with E-state index >= 15 is 0 Å². The number of nitrogens with zero attached hydrogens (tertiary/aromatic N) is 2. The van der Waals surface area contributed by atoms with Crippen LogP contribution in [-0.4, -0.2) is 28.0 Å². The molecular weight excluding hydrogens is 354 g/mol. The lowest BCUT2D eigenvalue weighted by molar-refractivity contribution is -0.124. The molecule has 1 amide bonds. The fraction of sp³-hybridized carbons (Fsp3) is 0.545. The van der Waals surface area contributed by atoms with Crippen LogP contribution in [0.2, 0.25) is 0 Å². The SMILES string of the molecule is CC(C)c1c(NC(=O)CO[C@@H]2CCCC[C@@H]2C)c(=O)n(-c2ccccc2)n1C. The van der Waals surface area contributed by atoms with Gasteiger partial charge in [0.05, 0.1) is 17.5 Å². The van der Waals surface area contributed by atoms with Crippen molar-refractivity contribution in [1.29, 1.82) is 0 Å². The summed E-state index contributed by atoms with van der Waals surface area (Å²) >= 11 is 0. The zero-order valence-corrected chi connectivity index (χ0v) is 17.3. The van der Waals surface area contributed by atoms with Crippen molar-refractivity contribution in [3.8, 4) is 5.69 Å². The molecule has 0 aliphatic heterocycles. The van der Waals surface area contributed by atoms with E-state index in [-0.39, 0.29) is 30.1 Å². The summed E-state index contributed by atoms with van der Waals surface area (Å²) in [6, 6.07) is 9.45. The van der Waals surface area contributed by atoms with Crippen molar-refractivity contribution < 1.29 is 9.53 Å². The van der Waals surface area contributed by atoms with Gasteiger partial charge in [0, 0.05) is 7.05 Å². The van der Waals surface area contributed by atoms with Crippen LogP contribution in [0.15, 0.2) is 35.1 Å². The maximum absolute atomic E-state index is 13.1. The van der Waals surface area contributed by atoms with Crippen LogP contribution in [0.1, 0.15) is 58.1 Å². The number of ether oxygens (including phenoxy) is 1. The smallest absolute Gasteiger partial charge is 0.295 e. The molecule has 0 radical (unpaired) electrons. The van der Waals surface area contributed by atoms with Crippen molar-refractivity contribution in [2.75, 3.05) is 11.9 Å². The van der Waals surface area contributed by atoms with Gasteiger partial charge in [0.2, 0.25) is 0 Å². The molecule has 6 heteroatoms. The quantitative estimate of drug-likeness (QED) is 0.822. The molecule has 1 aromatic carbocycles. The first kappa shape index (κ1) is 20.4. The van der Waals surface area contributed by atoms with E-state index in [1.54, 1.807) is 4.68 Å². The van der Waals surface area contributed by atoms with E-state index in [4.69, 9.17) is 4.74 Å². The Labute approximate surface area is 166 Å². The van der Waals surface area contributed by atoms with Gasteiger partial charge in [-0.3, -0.25) is 14.3 Å². The van der Waals surface area contributed by atoms with Gasteiger partial charge >= 0.3 is 0 Å². The molecule has 1 heterocycles. The normalized spacial score (nSPS) is 19.8. The fourth-order valence-electron chi connectivity index (χ4n) is 4.15. The molecule has 1 fully saturated rings. The number of benzene rings is 1. The zero-order valence-electron chi connectivity index (χ0n) is 17.3. The Balaban J connectivity index is 1.81. The molecule has 152 valence electrons. The third-order valence-electron chi connectivity index (χ3n) is 5.58. The monoisotopic (exact) mass is 385 g/mol. The topological polar surface area (TPSA) is 65.3 Å². The molecule has 0 bridgehead atoms. The number of hydrogen-bond acceptors (Lipinski definition) is 3. The second-order valence-corrected chi connectivity index (χ2v) is 8.05. The molecule has 3 rings (SSSR count). The molecule has 2 aromatic rings. The van der Waals surface area contributed by atoms with Crippen molar-refractivity contribution in [2.45, 2.75) is 58.5 Å². The van der Waals surface area contributed by atoms with Gasteiger partial charge in [0.15, 0.2) is 0 Å². The predicted octanol–water partition coefficient (Wildman–Crippen LogP) is 3.83. The Hall–Kier alpha value is -2.34. The molecule has 1 saturated carbocycles. The summed E-state index contributed by atoms with van der Waals surface area (Å²) in [5, 5.41) is 2.83. The summed E-state index contributed by atoms with van der Waals surface area (Å²) in [6.07, 6.45) is 4.64. The Morgan fingerprint density at radius 2 is 1.89 bits per heavy atom. The van der Waals surface area contributed by atoms with Crippen molar-refractivity contribution in [3.63, 3.8) is 0 Å². The van der Waals surface area contributed by atoms with Gasteiger partial charge in [-0.05, 0) is 36.8 Å². The predicted molar refractivity (Wildman–Crippen MR) is 111 cm³/mol. The van der Waals surface area contributed by atoms with Crippen LogP contribution < -0.4 is 10.9 Å². The largest absolute Gasteiger partial charge is 0.368 e. The summed E-state index contributed by atoms with van der Waals surface area (Å²) < 4.78 is 9.28. The summed E-state index contributed by atoms with van der Waals surface area (Å²) in [5.74, 6) is 0.277. The number of hydrogen-bond donors (Lipinski definition) is 1. The minimum absolute atomic E-state index is 0.0216. The summed E-state index contributed by atoms with van der Waals surface area (Å²) in [5.41, 5.74) is 1.68. The molecule has 6 nitrogen and oxygen atoms in total. The van der Waals surface area contributed by atoms with E-state index in [9.17, 15) is 9.59 Å². The van der Waals surface area contributed by atoms with E-state index in [1.807, 2.05) is 55.9 Å². The van der Waals surface area contributed by atoms with Gasteiger partial charge in [-0.2, -0.15) is 0 Å². The number of aromatic nitrogens is 2. The molecule has 28 heavy (non-hydrogen) atoms. The standard InChI is InChI=1S/C22H31N3O3/c1-15(2)21-20(22(27)25(24(21)4)17-11-6-5-7-12-17)23-19(26)14-28-18-13-9-8-10-16(18)3/h5-7,11-12,15-16,18H,8-10,13-14H2,1-4H3,(H,23,26)/t16-,18+/m0/s1. The minimum atomic E-state index is -0.275. The highest BCUT2D eigenvalue weighted by atomic mass is 16.5. The number of rotatable bonds is 6. The van der Waals surface area contributed by atoms with Gasteiger partial charge in [-0.25, -0.2) is 4.68 Å². The summed E-state index contributed by atoms with van der Waals surface area (Å²) in [6.45, 7) is 6.18. The van der Waals surface area contributed by atoms with E-state index in [1.165, 1.54) is 6.42 Å². The van der Waals surface area contributed by atoms with Crippen LogP contribution in [0.4, 0.5) is 5.69 Å². The Morgan fingerprint density at radius 3 is 2.54 bits per heavy atom. The molecular formula is C22H31N3O3. The van der Waals surface area contributed by atoms with Crippen LogP contribution in [0.25, 0.3) is 5.69 Å². The van der Waals surface area contributed by atoms with Gasteiger partial charge < -0.3 is 10.1 Å². The lowest BCUT2D eigenvalue weighted by Crippen LogP contribution is -2.31. The van der Waals surface area contributed by atoms with E-state index in [0.29, 0.717) is 11.6 Å². The average Bonchev–Trinajstić information content (AvgIpc) is 2.91. The van der Waals surface area contributed by atoms with Crippen LogP contribution >= 0.6 is 0 Å². The number of amides is 1. The Bertz CT molecular complexity index is 867. The van der Waals surface area contributed by atoms with Crippen molar-refractivity contribution in [1.82, 2.24) is 9.36 Å². The number of carbonyl (C=O) groups is 1. The highest BCUT2D eigenvalue weighted by Crippen LogP contribution is 2.26. The minimum Gasteiger partial charge on any atom is -0.368 e. The number of para-hydroxylation sites is 1. The van der Waals surface area contributed by atoms with Crippen LogP contribution in [0.5, 0.6) is 0 Å². The van der Waals surface area contributed by atoms with Crippen LogP contribution in [0, 0.1) is 5.92 Å². The van der Waals surface area contributed by atoms with Crippen LogP contribution in [-0.2, 0) is 16.6 Å². The number of nitrogens with one attached hydrogen (secondary N) is 1. The zero-order chi connectivity index (χ0) is 20.3. The van der Waals surface area contributed by atoms with Gasteiger partial charge in [-0.15, -0.1) is 0 Å². The van der Waals surface area contributed by atoms with Gasteiger partial charge in [0.1, 0.15) is 12.3 Å². The number of anilines is 1. The summed E-state index contributed by atoms with van der Waals surface area (Å²) in [4.78, 5) is 25.6. The van der Waals surface area contributed by atoms with Crippen molar-refractivity contribution in [3.05, 3.63) is 46.4 Å². The molecule has 0 unspecified atom stereocenters. The molecule has 1 aliphatic carbocycles. The maximum Gasteiger partial charge on any atom is 0.295 e. The van der Waals surface area contributed by atoms with Crippen LogP contribution in [0.3, 0.4) is 0 Å². The van der Waals surface area contributed by atoms with Gasteiger partial charge in [0.25, 0.3) is 11.5 Å². The van der Waals surface area contributed by atoms with E-state index < -0.39 is 0 Å². The Morgan fingerprint density at radius 1 is 1.21 bits per heavy atom. The molecule has 0 saturated heterocycles. The third-order valence-corrected chi connectivity index (χ3v) is 5.58. The molecule has 0 spiro atoms. The second-order valence-electron chi connectivity index (χ2n) is 8.05. The summed E-state index contributed by atoms with van der Waals surface area (Å²) in [7, 11) is 1.85. The second kappa shape index (κ2) is 8.78. The molecule has 1 aliphatic rings. The first-order valence-electron chi connectivity index (χ1n) is 10.2. The molecule has 2 atom stereocenters. The van der Waals surface area contributed by atoms with Crippen molar-refractivity contribution in [2.24, 2.45) is 13.0 Å². The molecule has 1 aromatic heterocycles. The van der Waals surface area contributed by atoms with Crippen molar-refractivity contribution >= 4 is 11.6 Å². The number of carbonyl (C=O) groups excluding carboxylic acids is 1. The lowest BCUT2D eigenvalue weighted by Gasteiger charge is -2.28. The highest BCUT2D eigenvalue weighted by Gasteiger charge is 2.25. The Kier molecular flexibility index (Phi) is 6.39. The van der Waals surface area contributed by atoms with E-state index in [0.717, 1.165) is 30.6 Å². The first-order chi connectivity index (χ1) is 13.4. The highest BCUT2D eigenvalue weighted by molar-refractivity contribution is 5.92. The van der Waals surface area contributed by atoms with E-state index in [2.05, 4.69) is 12.2 Å². The fourth-order valence-corrected chi connectivity index (χ4v) is 4.15. The van der Waals surface area contributed by atoms with Gasteiger partial charge in [-0.1, -0.05) is 51.8 Å². The average molecular weight is 386 g/mol. The lowest BCUT2D eigenvalue weighted by atomic mass is 9.88. The first-order valence-corrected chi connectivity index (χ1v) is 10.2. The molecule has 1 N–H and O–H groups in total.